The maximum absolute atomic E-state index is 12.9. The first-order chi connectivity index (χ1) is 16.7. The summed E-state index contributed by atoms with van der Waals surface area (Å²) in [6.45, 7) is 7.03. The van der Waals surface area contributed by atoms with Crippen LogP contribution in [0.25, 0.3) is 11.3 Å². The van der Waals surface area contributed by atoms with Crippen LogP contribution >= 0.6 is 0 Å². The molecule has 0 aliphatic carbocycles. The van der Waals surface area contributed by atoms with E-state index >= 15 is 0 Å². The van der Waals surface area contributed by atoms with Gasteiger partial charge >= 0.3 is 0 Å². The third kappa shape index (κ3) is 5.20. The van der Waals surface area contributed by atoms with Crippen LogP contribution in [-0.4, -0.2) is 55.3 Å². The number of aryl methyl sites for hydroxylation is 1. The molecule has 0 unspecified atom stereocenters. The average Bonchev–Trinajstić information content (AvgIpc) is 2.90. The van der Waals surface area contributed by atoms with E-state index in [0.717, 1.165) is 75.0 Å². The lowest BCUT2D eigenvalue weighted by molar-refractivity contribution is -0.120. The van der Waals surface area contributed by atoms with Crippen LogP contribution in [-0.2, 0) is 9.53 Å². The van der Waals surface area contributed by atoms with Crippen molar-refractivity contribution in [3.63, 3.8) is 0 Å². The fourth-order valence-corrected chi connectivity index (χ4v) is 4.59. The molecule has 1 aromatic heterocycles. The summed E-state index contributed by atoms with van der Waals surface area (Å²) in [6.07, 6.45) is 3.24. The molecule has 2 fully saturated rings. The van der Waals surface area contributed by atoms with Crippen molar-refractivity contribution in [2.45, 2.75) is 19.8 Å². The van der Waals surface area contributed by atoms with E-state index in [-0.39, 0.29) is 11.8 Å². The molecule has 2 aliphatic heterocycles. The van der Waals surface area contributed by atoms with Gasteiger partial charge < -0.3 is 19.9 Å². The standard InChI is InChI=1S/C27H31N5O2/c1-20-2-4-21(5-3-20)25-18-26(29-19-28-25)32-12-10-22(11-13-32)27(33)30-23-6-8-24(9-7-23)31-14-16-34-17-15-31/h2-9,18-19,22H,10-17H2,1H3,(H,30,33). The predicted molar refractivity (Wildman–Crippen MR) is 135 cm³/mol. The van der Waals surface area contributed by atoms with Crippen LogP contribution < -0.4 is 15.1 Å². The smallest absolute Gasteiger partial charge is 0.227 e. The molecule has 0 atom stereocenters. The molecule has 176 valence electrons. The highest BCUT2D eigenvalue weighted by Gasteiger charge is 2.26. The van der Waals surface area contributed by atoms with Crippen LogP contribution in [0, 0.1) is 12.8 Å². The Kier molecular flexibility index (Phi) is 6.72. The minimum absolute atomic E-state index is 0.00794. The third-order valence-corrected chi connectivity index (χ3v) is 6.70. The van der Waals surface area contributed by atoms with Crippen molar-refractivity contribution < 1.29 is 9.53 Å². The molecule has 0 radical (unpaired) electrons. The van der Waals surface area contributed by atoms with E-state index in [4.69, 9.17) is 4.74 Å². The monoisotopic (exact) mass is 457 g/mol. The van der Waals surface area contributed by atoms with E-state index in [0.29, 0.717) is 0 Å². The zero-order chi connectivity index (χ0) is 23.3. The molecule has 2 saturated heterocycles. The van der Waals surface area contributed by atoms with Crippen LogP contribution in [0.3, 0.4) is 0 Å². The molecule has 3 aromatic rings. The Hall–Kier alpha value is -3.45. The lowest BCUT2D eigenvalue weighted by atomic mass is 9.95. The first-order valence-corrected chi connectivity index (χ1v) is 12.0. The Labute approximate surface area is 200 Å². The van der Waals surface area contributed by atoms with Gasteiger partial charge in [0.2, 0.25) is 5.91 Å². The van der Waals surface area contributed by atoms with Crippen molar-refractivity contribution in [2.24, 2.45) is 5.92 Å². The summed E-state index contributed by atoms with van der Waals surface area (Å²) in [5, 5.41) is 3.11. The lowest BCUT2D eigenvalue weighted by Gasteiger charge is -2.32. The summed E-state index contributed by atoms with van der Waals surface area (Å²) in [4.78, 5) is 26.4. The zero-order valence-electron chi connectivity index (χ0n) is 19.6. The molecule has 1 amide bonds. The Bertz CT molecular complexity index is 1100. The molecule has 2 aromatic carbocycles. The Morgan fingerprint density at radius 3 is 2.32 bits per heavy atom. The fraction of sp³-hybridized carbons (Fsp3) is 0.370. The van der Waals surface area contributed by atoms with Crippen molar-refractivity contribution in [1.29, 1.82) is 0 Å². The van der Waals surface area contributed by atoms with Crippen molar-refractivity contribution >= 4 is 23.1 Å². The van der Waals surface area contributed by atoms with E-state index in [1.165, 1.54) is 11.3 Å². The molecular formula is C27H31N5O2. The SMILES string of the molecule is Cc1ccc(-c2cc(N3CCC(C(=O)Nc4ccc(N5CCOCC5)cc4)CC3)ncn2)cc1. The van der Waals surface area contributed by atoms with E-state index in [2.05, 4.69) is 68.4 Å². The van der Waals surface area contributed by atoms with Gasteiger partial charge in [-0.15, -0.1) is 0 Å². The van der Waals surface area contributed by atoms with Gasteiger partial charge in [0, 0.05) is 55.1 Å². The number of aromatic nitrogens is 2. The summed E-state index contributed by atoms with van der Waals surface area (Å²) in [7, 11) is 0. The number of hydrogen-bond donors (Lipinski definition) is 1. The number of rotatable bonds is 5. The molecule has 7 heteroatoms. The number of morpholine rings is 1. The number of anilines is 3. The highest BCUT2D eigenvalue weighted by Crippen LogP contribution is 2.26. The van der Waals surface area contributed by atoms with E-state index < -0.39 is 0 Å². The normalized spacial score (nSPS) is 17.0. The number of ether oxygens (including phenoxy) is 1. The summed E-state index contributed by atoms with van der Waals surface area (Å²) in [6, 6.07) is 18.5. The van der Waals surface area contributed by atoms with Gasteiger partial charge in [-0.3, -0.25) is 4.79 Å². The Balaban J connectivity index is 1.16. The predicted octanol–water partition coefficient (Wildman–Crippen LogP) is 4.14. The van der Waals surface area contributed by atoms with E-state index in [1.54, 1.807) is 6.33 Å². The van der Waals surface area contributed by atoms with Crippen LogP contribution in [0.1, 0.15) is 18.4 Å². The van der Waals surface area contributed by atoms with Crippen LogP contribution in [0.4, 0.5) is 17.2 Å². The van der Waals surface area contributed by atoms with Gasteiger partial charge in [-0.25, -0.2) is 9.97 Å². The number of amides is 1. The van der Waals surface area contributed by atoms with Crippen LogP contribution in [0.5, 0.6) is 0 Å². The molecular weight excluding hydrogens is 426 g/mol. The average molecular weight is 458 g/mol. The van der Waals surface area contributed by atoms with E-state index in [9.17, 15) is 4.79 Å². The first kappa shape index (κ1) is 22.3. The van der Waals surface area contributed by atoms with Gasteiger partial charge in [-0.2, -0.15) is 0 Å². The number of piperidine rings is 1. The van der Waals surface area contributed by atoms with Gasteiger partial charge in [0.05, 0.1) is 18.9 Å². The zero-order valence-corrected chi connectivity index (χ0v) is 19.6. The van der Waals surface area contributed by atoms with Crippen molar-refractivity contribution in [2.75, 3.05) is 54.5 Å². The highest BCUT2D eigenvalue weighted by molar-refractivity contribution is 5.92. The minimum Gasteiger partial charge on any atom is -0.378 e. The van der Waals surface area contributed by atoms with Gasteiger partial charge in [0.1, 0.15) is 12.1 Å². The van der Waals surface area contributed by atoms with Gasteiger partial charge in [0.25, 0.3) is 0 Å². The Morgan fingerprint density at radius 2 is 1.62 bits per heavy atom. The second-order valence-electron chi connectivity index (χ2n) is 9.02. The Morgan fingerprint density at radius 1 is 0.912 bits per heavy atom. The van der Waals surface area contributed by atoms with Crippen molar-refractivity contribution in [1.82, 2.24) is 9.97 Å². The molecule has 3 heterocycles. The number of carbonyl (C=O) groups excluding carboxylic acids is 1. The van der Waals surface area contributed by atoms with Gasteiger partial charge in [0.15, 0.2) is 0 Å². The van der Waals surface area contributed by atoms with Crippen molar-refractivity contribution in [3.8, 4) is 11.3 Å². The number of nitrogens with zero attached hydrogens (tertiary/aromatic N) is 4. The largest absolute Gasteiger partial charge is 0.378 e. The highest BCUT2D eigenvalue weighted by atomic mass is 16.5. The number of benzene rings is 2. The summed E-state index contributed by atoms with van der Waals surface area (Å²) in [5.41, 5.74) is 5.26. The van der Waals surface area contributed by atoms with Gasteiger partial charge in [-0.05, 0) is 44.0 Å². The fourth-order valence-electron chi connectivity index (χ4n) is 4.59. The summed E-state index contributed by atoms with van der Waals surface area (Å²) < 4.78 is 5.42. The maximum Gasteiger partial charge on any atom is 0.227 e. The number of carbonyl (C=O) groups is 1. The van der Waals surface area contributed by atoms with Crippen LogP contribution in [0.15, 0.2) is 60.9 Å². The molecule has 5 rings (SSSR count). The molecule has 1 N–H and O–H groups in total. The second kappa shape index (κ2) is 10.2. The minimum atomic E-state index is 0.00794. The molecule has 34 heavy (non-hydrogen) atoms. The van der Waals surface area contributed by atoms with E-state index in [1.807, 2.05) is 18.2 Å². The maximum atomic E-state index is 12.9. The first-order valence-electron chi connectivity index (χ1n) is 12.0. The second-order valence-corrected chi connectivity index (χ2v) is 9.02. The summed E-state index contributed by atoms with van der Waals surface area (Å²) >= 11 is 0. The number of nitrogens with one attached hydrogen (secondary N) is 1. The van der Waals surface area contributed by atoms with Crippen LogP contribution in [0.2, 0.25) is 0 Å². The third-order valence-electron chi connectivity index (χ3n) is 6.70. The topological polar surface area (TPSA) is 70.6 Å². The molecule has 7 nitrogen and oxygen atoms in total. The molecule has 0 spiro atoms. The lowest BCUT2D eigenvalue weighted by Crippen LogP contribution is -2.38. The molecule has 0 saturated carbocycles. The quantitative estimate of drug-likeness (QED) is 0.621. The molecule has 0 bridgehead atoms. The van der Waals surface area contributed by atoms with Crippen molar-refractivity contribution in [3.05, 3.63) is 66.5 Å². The molecule has 2 aliphatic rings. The number of hydrogen-bond acceptors (Lipinski definition) is 6. The van der Waals surface area contributed by atoms with Gasteiger partial charge in [-0.1, -0.05) is 29.8 Å². The summed E-state index contributed by atoms with van der Waals surface area (Å²) in [5.74, 6) is 1.03.